The van der Waals surface area contributed by atoms with Gasteiger partial charge in [0, 0.05) is 27.8 Å². The molecule has 0 radical (unpaired) electrons. The summed E-state index contributed by atoms with van der Waals surface area (Å²) in [4.78, 5) is 20.9. The average Bonchev–Trinajstić information content (AvgIpc) is 3.10. The van der Waals surface area contributed by atoms with E-state index in [0.717, 1.165) is 22.2 Å². The zero-order valence-corrected chi connectivity index (χ0v) is 15.9. The number of benzene rings is 1. The number of fused-ring (bicyclic) bond motifs is 1. The maximum absolute atomic E-state index is 12.3. The molecule has 25 heavy (non-hydrogen) atoms. The first kappa shape index (κ1) is 16.4. The van der Waals surface area contributed by atoms with Gasteiger partial charge >= 0.3 is 0 Å². The number of aryl methyl sites for hydroxylation is 2. The maximum Gasteiger partial charge on any atom is 0.259 e. The largest absolute Gasteiger partial charge is 0.298 e. The summed E-state index contributed by atoms with van der Waals surface area (Å²) < 4.78 is 0.772. The molecule has 1 aliphatic carbocycles. The Hall–Kier alpha value is -2.05. The van der Waals surface area contributed by atoms with Crippen molar-refractivity contribution in [3.63, 3.8) is 0 Å². The maximum atomic E-state index is 12.3. The van der Waals surface area contributed by atoms with Crippen molar-refractivity contribution >= 4 is 38.3 Å². The molecule has 2 heterocycles. The monoisotopic (exact) mass is 413 g/mol. The van der Waals surface area contributed by atoms with Crippen LogP contribution in [-0.4, -0.2) is 15.9 Å². The lowest BCUT2D eigenvalue weighted by Gasteiger charge is -2.16. The SMILES string of the molecule is O=C(Nc1nc(-c2ccc3c(c2)CCCC3)cs1)c1cncc(Br)c1. The first-order chi connectivity index (χ1) is 12.2. The molecule has 4 nitrogen and oxygen atoms in total. The van der Waals surface area contributed by atoms with Crippen LogP contribution >= 0.6 is 27.3 Å². The predicted octanol–water partition coefficient (Wildman–Crippen LogP) is 5.10. The number of thiazole rings is 1. The smallest absolute Gasteiger partial charge is 0.259 e. The summed E-state index contributed by atoms with van der Waals surface area (Å²) in [6, 6.07) is 8.32. The first-order valence-corrected chi connectivity index (χ1v) is 9.86. The van der Waals surface area contributed by atoms with Gasteiger partial charge in [-0.3, -0.25) is 15.1 Å². The minimum absolute atomic E-state index is 0.208. The van der Waals surface area contributed by atoms with Gasteiger partial charge in [-0.15, -0.1) is 11.3 Å². The Balaban J connectivity index is 1.53. The summed E-state index contributed by atoms with van der Waals surface area (Å²) in [5, 5.41) is 5.43. The number of anilines is 1. The number of carbonyl (C=O) groups excluding carboxylic acids is 1. The van der Waals surface area contributed by atoms with E-state index in [1.165, 1.54) is 47.9 Å². The summed E-state index contributed by atoms with van der Waals surface area (Å²) in [7, 11) is 0. The lowest BCUT2D eigenvalue weighted by molar-refractivity contribution is 0.102. The number of pyridine rings is 1. The number of hydrogen-bond donors (Lipinski definition) is 1. The van der Waals surface area contributed by atoms with Gasteiger partial charge in [-0.25, -0.2) is 4.98 Å². The van der Waals surface area contributed by atoms with Gasteiger partial charge in [0.2, 0.25) is 0 Å². The third-order valence-corrected chi connectivity index (χ3v) is 5.53. The summed E-state index contributed by atoms with van der Waals surface area (Å²) in [5.74, 6) is -0.208. The Morgan fingerprint density at radius 2 is 1.96 bits per heavy atom. The molecule has 0 fully saturated rings. The average molecular weight is 414 g/mol. The number of carbonyl (C=O) groups is 1. The molecule has 6 heteroatoms. The minimum Gasteiger partial charge on any atom is -0.298 e. The lowest BCUT2D eigenvalue weighted by Crippen LogP contribution is -2.11. The molecule has 0 saturated heterocycles. The Bertz CT molecular complexity index is 938. The molecule has 2 aromatic heterocycles. The molecule has 0 aliphatic heterocycles. The zero-order valence-electron chi connectivity index (χ0n) is 13.5. The molecule has 1 amide bonds. The summed E-state index contributed by atoms with van der Waals surface area (Å²) in [6.45, 7) is 0. The number of amides is 1. The quantitative estimate of drug-likeness (QED) is 0.649. The van der Waals surface area contributed by atoms with E-state index >= 15 is 0 Å². The number of halogens is 1. The van der Waals surface area contributed by atoms with Crippen LogP contribution in [0.25, 0.3) is 11.3 Å². The van der Waals surface area contributed by atoms with E-state index in [4.69, 9.17) is 0 Å². The molecule has 0 bridgehead atoms. The molecule has 0 saturated carbocycles. The standard InChI is InChI=1S/C19H16BrN3OS/c20-16-8-15(9-21-10-16)18(24)23-19-22-17(11-25-19)14-6-5-12-3-1-2-4-13(12)7-14/h5-11H,1-4H2,(H,22,23,24). The van der Waals surface area contributed by atoms with Gasteiger partial charge < -0.3 is 0 Å². The van der Waals surface area contributed by atoms with Crippen LogP contribution in [0.15, 0.2) is 46.5 Å². The van der Waals surface area contributed by atoms with E-state index in [0.29, 0.717) is 10.7 Å². The summed E-state index contributed by atoms with van der Waals surface area (Å²) in [5.41, 5.74) is 5.41. The van der Waals surface area contributed by atoms with Crippen LogP contribution in [0.3, 0.4) is 0 Å². The number of nitrogens with zero attached hydrogens (tertiary/aromatic N) is 2. The molecule has 126 valence electrons. The number of aromatic nitrogens is 2. The Morgan fingerprint density at radius 3 is 2.80 bits per heavy atom. The Morgan fingerprint density at radius 1 is 1.12 bits per heavy atom. The molecule has 0 atom stereocenters. The van der Waals surface area contributed by atoms with Crippen molar-refractivity contribution in [3.8, 4) is 11.3 Å². The second kappa shape index (κ2) is 7.06. The van der Waals surface area contributed by atoms with Crippen molar-refractivity contribution in [2.75, 3.05) is 5.32 Å². The summed E-state index contributed by atoms with van der Waals surface area (Å²) in [6.07, 6.45) is 8.05. The van der Waals surface area contributed by atoms with Gasteiger partial charge in [-0.2, -0.15) is 0 Å². The molecule has 4 rings (SSSR count). The highest BCUT2D eigenvalue weighted by Gasteiger charge is 2.13. The van der Waals surface area contributed by atoms with Crippen LogP contribution in [-0.2, 0) is 12.8 Å². The first-order valence-electron chi connectivity index (χ1n) is 8.19. The van der Waals surface area contributed by atoms with Crippen molar-refractivity contribution < 1.29 is 4.79 Å². The highest BCUT2D eigenvalue weighted by Crippen LogP contribution is 2.29. The van der Waals surface area contributed by atoms with E-state index in [-0.39, 0.29) is 5.91 Å². The van der Waals surface area contributed by atoms with Gasteiger partial charge in [-0.1, -0.05) is 12.1 Å². The normalized spacial score (nSPS) is 13.3. The van der Waals surface area contributed by atoms with Crippen LogP contribution < -0.4 is 5.32 Å². The van der Waals surface area contributed by atoms with Crippen molar-refractivity contribution in [3.05, 3.63) is 63.2 Å². The summed E-state index contributed by atoms with van der Waals surface area (Å²) >= 11 is 4.76. The molecular weight excluding hydrogens is 398 g/mol. The minimum atomic E-state index is -0.208. The number of hydrogen-bond acceptors (Lipinski definition) is 4. The van der Waals surface area contributed by atoms with E-state index in [1.54, 1.807) is 12.3 Å². The van der Waals surface area contributed by atoms with Gasteiger partial charge in [-0.05, 0) is 64.9 Å². The van der Waals surface area contributed by atoms with Gasteiger partial charge in [0.25, 0.3) is 5.91 Å². The van der Waals surface area contributed by atoms with Crippen LogP contribution in [0.2, 0.25) is 0 Å². The third-order valence-electron chi connectivity index (χ3n) is 4.34. The molecule has 1 aromatic carbocycles. The fraction of sp³-hybridized carbons (Fsp3) is 0.211. The highest BCUT2D eigenvalue weighted by molar-refractivity contribution is 9.10. The Kier molecular flexibility index (Phi) is 4.63. The molecule has 0 unspecified atom stereocenters. The zero-order chi connectivity index (χ0) is 17.2. The van der Waals surface area contributed by atoms with Gasteiger partial charge in [0.05, 0.1) is 11.3 Å². The van der Waals surface area contributed by atoms with Crippen LogP contribution in [0.5, 0.6) is 0 Å². The second-order valence-electron chi connectivity index (χ2n) is 6.07. The predicted molar refractivity (Wildman–Crippen MR) is 104 cm³/mol. The van der Waals surface area contributed by atoms with Crippen molar-refractivity contribution in [1.82, 2.24) is 9.97 Å². The Labute approximate surface area is 158 Å². The van der Waals surface area contributed by atoms with Crippen LogP contribution in [0.1, 0.15) is 34.3 Å². The molecule has 0 spiro atoms. The van der Waals surface area contributed by atoms with Crippen LogP contribution in [0.4, 0.5) is 5.13 Å². The fourth-order valence-corrected chi connectivity index (χ4v) is 4.14. The molecule has 1 aliphatic rings. The molecular formula is C19H16BrN3OS. The van der Waals surface area contributed by atoms with Crippen molar-refractivity contribution in [1.29, 1.82) is 0 Å². The van der Waals surface area contributed by atoms with Gasteiger partial charge in [0.15, 0.2) is 5.13 Å². The third kappa shape index (κ3) is 3.65. The van der Waals surface area contributed by atoms with Crippen molar-refractivity contribution in [2.45, 2.75) is 25.7 Å². The van der Waals surface area contributed by atoms with E-state index < -0.39 is 0 Å². The van der Waals surface area contributed by atoms with E-state index in [2.05, 4.69) is 49.4 Å². The number of nitrogens with one attached hydrogen (secondary N) is 1. The lowest BCUT2D eigenvalue weighted by atomic mass is 9.90. The van der Waals surface area contributed by atoms with E-state index in [1.807, 2.05) is 5.38 Å². The van der Waals surface area contributed by atoms with Gasteiger partial charge in [0.1, 0.15) is 0 Å². The molecule has 1 N–H and O–H groups in total. The second-order valence-corrected chi connectivity index (χ2v) is 7.85. The number of rotatable bonds is 3. The van der Waals surface area contributed by atoms with Crippen LogP contribution in [0, 0.1) is 0 Å². The highest BCUT2D eigenvalue weighted by atomic mass is 79.9. The topological polar surface area (TPSA) is 54.9 Å². The van der Waals surface area contributed by atoms with Crippen molar-refractivity contribution in [2.24, 2.45) is 0 Å². The van der Waals surface area contributed by atoms with E-state index in [9.17, 15) is 4.79 Å². The fourth-order valence-electron chi connectivity index (χ4n) is 3.06. The molecule has 3 aromatic rings.